The third-order valence-corrected chi connectivity index (χ3v) is 3.20. The summed E-state index contributed by atoms with van der Waals surface area (Å²) in [4.78, 5) is 14.9. The van der Waals surface area contributed by atoms with Gasteiger partial charge in [-0.25, -0.2) is 9.78 Å². The van der Waals surface area contributed by atoms with Gasteiger partial charge in [-0.3, -0.25) is 0 Å². The second kappa shape index (κ2) is 4.73. The molecule has 0 bridgehead atoms. The van der Waals surface area contributed by atoms with Crippen LogP contribution < -0.4 is 11.5 Å². The minimum atomic E-state index is -1.24. The lowest BCUT2D eigenvalue weighted by Gasteiger charge is -2.15. The highest BCUT2D eigenvalue weighted by Crippen LogP contribution is 2.37. The first kappa shape index (κ1) is 13.7. The Morgan fingerprint density at radius 2 is 1.90 bits per heavy atom. The summed E-state index contributed by atoms with van der Waals surface area (Å²) in [7, 11) is 0. The molecule has 0 spiro atoms. The number of aromatic carboxylic acids is 1. The maximum atomic E-state index is 11.1. The summed E-state index contributed by atoms with van der Waals surface area (Å²) in [5.74, 6) is -1.07. The van der Waals surface area contributed by atoms with Crippen molar-refractivity contribution in [3.8, 4) is 16.9 Å². The highest BCUT2D eigenvalue weighted by molar-refractivity contribution is 5.98. The van der Waals surface area contributed by atoms with Gasteiger partial charge in [0.05, 0.1) is 5.69 Å². The lowest BCUT2D eigenvalue weighted by atomic mass is 9.93. The molecule has 1 heterocycles. The zero-order valence-corrected chi connectivity index (χ0v) is 11.1. The van der Waals surface area contributed by atoms with Gasteiger partial charge in [0.15, 0.2) is 5.69 Å². The molecule has 1 aromatic carbocycles. The molecule has 0 saturated heterocycles. The molecule has 0 saturated carbocycles. The van der Waals surface area contributed by atoms with Crippen LogP contribution in [0.15, 0.2) is 18.2 Å². The fourth-order valence-corrected chi connectivity index (χ4v) is 2.20. The number of carboxylic acids is 1. The van der Waals surface area contributed by atoms with E-state index in [2.05, 4.69) is 4.98 Å². The summed E-state index contributed by atoms with van der Waals surface area (Å²) in [6.45, 7) is 3.58. The number of carboxylic acid groups (broad SMARTS) is 1. The minimum Gasteiger partial charge on any atom is -0.508 e. The standard InChI is InChI=1S/C14H15N3O3/c1-6-3-4-9(18)7(2)11(6)8-5-10(15)17-13(12(8)16)14(19)20/h3-5,18H,16H2,1-2H3,(H2,15,17)(H,19,20). The molecule has 0 aliphatic rings. The van der Waals surface area contributed by atoms with E-state index >= 15 is 0 Å². The van der Waals surface area contributed by atoms with Crippen LogP contribution >= 0.6 is 0 Å². The number of rotatable bonds is 2. The summed E-state index contributed by atoms with van der Waals surface area (Å²) in [5, 5.41) is 18.9. The number of pyridine rings is 1. The van der Waals surface area contributed by atoms with Gasteiger partial charge in [0, 0.05) is 5.56 Å². The van der Waals surface area contributed by atoms with Crippen LogP contribution in [0.5, 0.6) is 5.75 Å². The van der Waals surface area contributed by atoms with Crippen molar-refractivity contribution in [2.24, 2.45) is 0 Å². The van der Waals surface area contributed by atoms with E-state index in [1.54, 1.807) is 19.1 Å². The number of anilines is 2. The van der Waals surface area contributed by atoms with Crippen LogP contribution in [0.3, 0.4) is 0 Å². The Balaban J connectivity index is 2.84. The maximum absolute atomic E-state index is 11.1. The molecule has 2 rings (SSSR count). The fourth-order valence-electron chi connectivity index (χ4n) is 2.20. The molecular weight excluding hydrogens is 258 g/mol. The predicted octanol–water partition coefficient (Wildman–Crippen LogP) is 1.93. The zero-order chi connectivity index (χ0) is 15.0. The average Bonchev–Trinajstić information content (AvgIpc) is 2.37. The third-order valence-electron chi connectivity index (χ3n) is 3.20. The number of hydrogen-bond donors (Lipinski definition) is 4. The Morgan fingerprint density at radius 1 is 1.25 bits per heavy atom. The summed E-state index contributed by atoms with van der Waals surface area (Å²) in [5.41, 5.74) is 13.9. The van der Waals surface area contributed by atoms with Gasteiger partial charge < -0.3 is 21.7 Å². The van der Waals surface area contributed by atoms with Crippen LogP contribution in [0, 0.1) is 13.8 Å². The lowest BCUT2D eigenvalue weighted by molar-refractivity contribution is 0.0692. The van der Waals surface area contributed by atoms with E-state index in [4.69, 9.17) is 16.6 Å². The van der Waals surface area contributed by atoms with Gasteiger partial charge in [-0.05, 0) is 42.7 Å². The quantitative estimate of drug-likeness (QED) is 0.663. The van der Waals surface area contributed by atoms with Gasteiger partial charge >= 0.3 is 5.97 Å². The molecule has 0 fully saturated rings. The summed E-state index contributed by atoms with van der Waals surface area (Å²) in [6.07, 6.45) is 0. The molecule has 0 radical (unpaired) electrons. The first-order chi connectivity index (χ1) is 9.32. The number of aromatic hydroxyl groups is 1. The van der Waals surface area contributed by atoms with Crippen molar-refractivity contribution in [1.82, 2.24) is 4.98 Å². The fraction of sp³-hybridized carbons (Fsp3) is 0.143. The third kappa shape index (κ3) is 2.11. The Morgan fingerprint density at radius 3 is 2.50 bits per heavy atom. The van der Waals surface area contributed by atoms with Crippen molar-refractivity contribution >= 4 is 17.5 Å². The van der Waals surface area contributed by atoms with E-state index in [0.29, 0.717) is 16.7 Å². The zero-order valence-electron chi connectivity index (χ0n) is 11.1. The van der Waals surface area contributed by atoms with Gasteiger partial charge in [0.1, 0.15) is 11.6 Å². The molecule has 1 aromatic heterocycles. The van der Waals surface area contributed by atoms with Gasteiger partial charge in [0.2, 0.25) is 0 Å². The van der Waals surface area contributed by atoms with E-state index < -0.39 is 5.97 Å². The summed E-state index contributed by atoms with van der Waals surface area (Å²) >= 11 is 0. The van der Waals surface area contributed by atoms with Crippen molar-refractivity contribution in [1.29, 1.82) is 0 Å². The minimum absolute atomic E-state index is 0.0310. The van der Waals surface area contributed by atoms with Crippen LogP contribution in [-0.4, -0.2) is 21.2 Å². The monoisotopic (exact) mass is 273 g/mol. The lowest BCUT2D eigenvalue weighted by Crippen LogP contribution is -2.09. The molecule has 0 amide bonds. The van der Waals surface area contributed by atoms with Crippen LogP contribution in [0.1, 0.15) is 21.6 Å². The summed E-state index contributed by atoms with van der Waals surface area (Å²) in [6, 6.07) is 4.82. The second-order valence-electron chi connectivity index (χ2n) is 4.56. The second-order valence-corrected chi connectivity index (χ2v) is 4.56. The van der Waals surface area contributed by atoms with Crippen molar-refractivity contribution in [3.05, 3.63) is 35.0 Å². The number of nitrogens with two attached hydrogens (primary N) is 2. The van der Waals surface area contributed by atoms with Gasteiger partial charge in [-0.15, -0.1) is 0 Å². The molecule has 6 heteroatoms. The van der Waals surface area contributed by atoms with Crippen molar-refractivity contribution in [2.45, 2.75) is 13.8 Å². The predicted molar refractivity (Wildman–Crippen MR) is 76.6 cm³/mol. The van der Waals surface area contributed by atoms with Crippen LogP contribution in [-0.2, 0) is 0 Å². The Kier molecular flexibility index (Phi) is 3.23. The molecule has 104 valence electrons. The number of nitrogens with zero attached hydrogens (tertiary/aromatic N) is 1. The number of phenols is 1. The molecule has 6 N–H and O–H groups in total. The van der Waals surface area contributed by atoms with Crippen LogP contribution in [0.4, 0.5) is 11.5 Å². The molecule has 20 heavy (non-hydrogen) atoms. The first-order valence-corrected chi connectivity index (χ1v) is 5.91. The van der Waals surface area contributed by atoms with Crippen LogP contribution in [0.2, 0.25) is 0 Å². The van der Waals surface area contributed by atoms with Gasteiger partial charge in [-0.1, -0.05) is 6.07 Å². The Labute approximate surface area is 115 Å². The first-order valence-electron chi connectivity index (χ1n) is 5.91. The molecular formula is C14H15N3O3. The smallest absolute Gasteiger partial charge is 0.356 e. The Hall–Kier alpha value is -2.76. The van der Waals surface area contributed by atoms with E-state index in [9.17, 15) is 9.90 Å². The van der Waals surface area contributed by atoms with E-state index in [1.165, 1.54) is 6.07 Å². The molecule has 0 aliphatic carbocycles. The van der Waals surface area contributed by atoms with Crippen molar-refractivity contribution in [2.75, 3.05) is 11.5 Å². The number of phenolic OH excluding ortho intramolecular Hbond substituents is 1. The molecule has 0 unspecified atom stereocenters. The number of carbonyl (C=O) groups is 1. The molecule has 6 nitrogen and oxygen atoms in total. The number of benzene rings is 1. The number of aromatic nitrogens is 1. The molecule has 0 atom stereocenters. The number of hydrogen-bond acceptors (Lipinski definition) is 5. The molecule has 2 aromatic rings. The highest BCUT2D eigenvalue weighted by atomic mass is 16.4. The highest BCUT2D eigenvalue weighted by Gasteiger charge is 2.19. The summed E-state index contributed by atoms with van der Waals surface area (Å²) < 4.78 is 0. The van der Waals surface area contributed by atoms with E-state index in [0.717, 1.165) is 5.56 Å². The van der Waals surface area contributed by atoms with Crippen molar-refractivity contribution in [3.63, 3.8) is 0 Å². The van der Waals surface area contributed by atoms with Crippen LogP contribution in [0.25, 0.3) is 11.1 Å². The van der Waals surface area contributed by atoms with E-state index in [-0.39, 0.29) is 22.9 Å². The SMILES string of the molecule is Cc1ccc(O)c(C)c1-c1cc(N)nc(C(=O)O)c1N. The largest absolute Gasteiger partial charge is 0.508 e. The number of nitrogen functional groups attached to an aromatic ring is 2. The van der Waals surface area contributed by atoms with Gasteiger partial charge in [0.25, 0.3) is 0 Å². The van der Waals surface area contributed by atoms with Gasteiger partial charge in [-0.2, -0.15) is 0 Å². The normalized spacial score (nSPS) is 10.5. The topological polar surface area (TPSA) is 122 Å². The number of aryl methyl sites for hydroxylation is 1. The Bertz CT molecular complexity index is 711. The maximum Gasteiger partial charge on any atom is 0.356 e. The van der Waals surface area contributed by atoms with Crippen molar-refractivity contribution < 1.29 is 15.0 Å². The average molecular weight is 273 g/mol. The molecule has 0 aliphatic heterocycles. The van der Waals surface area contributed by atoms with E-state index in [1.807, 2.05) is 6.92 Å².